The van der Waals surface area contributed by atoms with E-state index in [1.807, 2.05) is 29.6 Å². The summed E-state index contributed by atoms with van der Waals surface area (Å²) in [5.74, 6) is 0.458. The minimum Gasteiger partial charge on any atom is -0.343 e. The molecule has 0 saturated heterocycles. The monoisotopic (exact) mass is 397 g/mol. The number of nitrogens with one attached hydrogen (secondary N) is 3. The van der Waals surface area contributed by atoms with Gasteiger partial charge in [-0.1, -0.05) is 29.8 Å². The predicted molar refractivity (Wildman–Crippen MR) is 107 cm³/mol. The zero-order valence-electron chi connectivity index (χ0n) is 14.2. The number of carbonyl (C=O) groups excluding carboxylic acids is 1. The fourth-order valence-corrected chi connectivity index (χ4v) is 5.19. The highest BCUT2D eigenvalue weighted by Gasteiger charge is 2.40. The molecule has 5 rings (SSSR count). The number of rotatable bonds is 2. The van der Waals surface area contributed by atoms with Crippen molar-refractivity contribution in [2.45, 2.75) is 24.7 Å². The van der Waals surface area contributed by atoms with Crippen LogP contribution >= 0.6 is 22.9 Å². The lowest BCUT2D eigenvalue weighted by Gasteiger charge is -2.34. The zero-order valence-corrected chi connectivity index (χ0v) is 15.8. The molecule has 3 aromatic rings. The quantitative estimate of drug-likeness (QED) is 0.600. The summed E-state index contributed by atoms with van der Waals surface area (Å²) < 4.78 is 0. The zero-order chi connectivity index (χ0) is 18.5. The molecule has 5 nitrogen and oxygen atoms in total. The Morgan fingerprint density at radius 3 is 2.74 bits per heavy atom. The number of hydrogen-bond acceptors (Lipinski definition) is 4. The first kappa shape index (κ1) is 16.6. The smallest absolute Gasteiger partial charge is 0.270 e. The van der Waals surface area contributed by atoms with E-state index in [0.717, 1.165) is 17.7 Å². The molecule has 0 saturated carbocycles. The van der Waals surface area contributed by atoms with Gasteiger partial charge in [0.05, 0.1) is 5.56 Å². The molecule has 0 amide bonds. The number of hydrogen-bond donors (Lipinski definition) is 3. The van der Waals surface area contributed by atoms with Crippen LogP contribution in [-0.2, 0) is 4.79 Å². The summed E-state index contributed by atoms with van der Waals surface area (Å²) in [6.07, 6.45) is 1.20. The third-order valence-electron chi connectivity index (χ3n) is 5.30. The largest absolute Gasteiger partial charge is 0.343 e. The first-order valence-electron chi connectivity index (χ1n) is 8.74. The second-order valence-electron chi connectivity index (χ2n) is 6.92. The van der Waals surface area contributed by atoms with Crippen LogP contribution in [0.25, 0.3) is 0 Å². The molecule has 1 aliphatic carbocycles. The van der Waals surface area contributed by atoms with Gasteiger partial charge in [-0.3, -0.25) is 19.8 Å². The van der Waals surface area contributed by atoms with Gasteiger partial charge in [0.25, 0.3) is 5.56 Å². The third kappa shape index (κ3) is 2.67. The summed E-state index contributed by atoms with van der Waals surface area (Å²) in [7, 11) is 0. The Labute approximate surface area is 164 Å². The molecule has 2 aromatic heterocycles. The van der Waals surface area contributed by atoms with Crippen molar-refractivity contribution in [2.24, 2.45) is 0 Å². The van der Waals surface area contributed by atoms with E-state index < -0.39 is 5.92 Å². The highest BCUT2D eigenvalue weighted by atomic mass is 35.5. The number of benzene rings is 1. The van der Waals surface area contributed by atoms with Crippen LogP contribution < -0.4 is 10.9 Å². The summed E-state index contributed by atoms with van der Waals surface area (Å²) in [4.78, 5) is 26.9. The molecule has 0 fully saturated rings. The van der Waals surface area contributed by atoms with Crippen molar-refractivity contribution in [1.29, 1.82) is 0 Å². The van der Waals surface area contributed by atoms with Gasteiger partial charge in [0.2, 0.25) is 0 Å². The molecule has 7 heteroatoms. The molecule has 3 N–H and O–H groups in total. The van der Waals surface area contributed by atoms with E-state index in [4.69, 9.17) is 11.6 Å². The van der Waals surface area contributed by atoms with E-state index in [1.165, 1.54) is 4.88 Å². The molecule has 27 heavy (non-hydrogen) atoms. The number of aromatic nitrogens is 2. The van der Waals surface area contributed by atoms with Crippen LogP contribution in [0.4, 0.5) is 5.82 Å². The number of thiophene rings is 1. The summed E-state index contributed by atoms with van der Waals surface area (Å²) >= 11 is 7.87. The molecule has 1 aliphatic heterocycles. The van der Waals surface area contributed by atoms with E-state index in [1.54, 1.807) is 17.4 Å². The number of fused-ring (bicyclic) bond motifs is 1. The topological polar surface area (TPSA) is 77.8 Å². The van der Waals surface area contributed by atoms with Gasteiger partial charge in [0.1, 0.15) is 5.82 Å². The van der Waals surface area contributed by atoms with Crippen LogP contribution in [0.3, 0.4) is 0 Å². The Kier molecular flexibility index (Phi) is 3.84. The van der Waals surface area contributed by atoms with Crippen LogP contribution in [0, 0.1) is 0 Å². The van der Waals surface area contributed by atoms with E-state index >= 15 is 0 Å². The third-order valence-corrected chi connectivity index (χ3v) is 6.57. The molecule has 0 radical (unpaired) electrons. The number of ketones is 1. The highest BCUT2D eigenvalue weighted by Crippen LogP contribution is 2.47. The van der Waals surface area contributed by atoms with Crippen molar-refractivity contribution in [3.05, 3.63) is 84.4 Å². The molecule has 2 aliphatic rings. The lowest BCUT2D eigenvalue weighted by molar-refractivity contribution is -0.116. The van der Waals surface area contributed by atoms with Gasteiger partial charge in [-0.05, 0) is 35.6 Å². The van der Waals surface area contributed by atoms with E-state index in [0.29, 0.717) is 28.4 Å². The maximum atomic E-state index is 13.2. The molecular formula is C20H16ClN3O2S. The van der Waals surface area contributed by atoms with Gasteiger partial charge in [-0.25, -0.2) is 0 Å². The lowest BCUT2D eigenvalue weighted by Crippen LogP contribution is -2.31. The standard InChI is InChI=1S/C20H16ClN3O2S/c21-12-4-1-3-10(7-12)16-17-13(22-19-18(16)20(26)24-23-19)8-11(9-14(17)25)15-5-2-6-27-15/h1-7,11,16H,8-9H2,(H3,22,23,24,26). The highest BCUT2D eigenvalue weighted by molar-refractivity contribution is 7.10. The van der Waals surface area contributed by atoms with Gasteiger partial charge in [0.15, 0.2) is 5.78 Å². The Morgan fingerprint density at radius 2 is 1.96 bits per heavy atom. The van der Waals surface area contributed by atoms with Crippen molar-refractivity contribution in [1.82, 2.24) is 10.2 Å². The maximum Gasteiger partial charge on any atom is 0.270 e. The van der Waals surface area contributed by atoms with Gasteiger partial charge in [-0.2, -0.15) is 0 Å². The van der Waals surface area contributed by atoms with Crippen LogP contribution in [0.15, 0.2) is 57.8 Å². The first-order chi connectivity index (χ1) is 13.1. The Morgan fingerprint density at radius 1 is 1.07 bits per heavy atom. The molecule has 1 aromatic carbocycles. The predicted octanol–water partition coefficient (Wildman–Crippen LogP) is 4.38. The molecule has 0 spiro atoms. The van der Waals surface area contributed by atoms with E-state index in [-0.39, 0.29) is 17.3 Å². The number of allylic oxidation sites excluding steroid dienone is 2. The number of halogens is 1. The van der Waals surface area contributed by atoms with Crippen LogP contribution in [-0.4, -0.2) is 16.0 Å². The second-order valence-corrected chi connectivity index (χ2v) is 8.33. The fourth-order valence-electron chi connectivity index (χ4n) is 4.17. The van der Waals surface area contributed by atoms with E-state index in [2.05, 4.69) is 21.6 Å². The molecule has 3 heterocycles. The number of H-pyrrole nitrogens is 2. The Hall–Kier alpha value is -2.57. The van der Waals surface area contributed by atoms with Gasteiger partial charge in [-0.15, -0.1) is 11.3 Å². The molecule has 136 valence electrons. The van der Waals surface area contributed by atoms with Gasteiger partial charge in [0, 0.05) is 39.4 Å². The van der Waals surface area contributed by atoms with Crippen LogP contribution in [0.1, 0.15) is 40.7 Å². The minimum absolute atomic E-state index is 0.0818. The maximum absolute atomic E-state index is 13.2. The van der Waals surface area contributed by atoms with Gasteiger partial charge >= 0.3 is 0 Å². The molecule has 0 bridgehead atoms. The normalized spacial score (nSPS) is 21.6. The first-order valence-corrected chi connectivity index (χ1v) is 10.00. The Balaban J connectivity index is 1.67. The van der Waals surface area contributed by atoms with Crippen molar-refractivity contribution in [3.8, 4) is 0 Å². The average molecular weight is 398 g/mol. The Bertz CT molecular complexity index is 1130. The summed E-state index contributed by atoms with van der Waals surface area (Å²) in [5.41, 5.74) is 2.74. The number of anilines is 1. The van der Waals surface area contributed by atoms with Crippen molar-refractivity contribution < 1.29 is 4.79 Å². The van der Waals surface area contributed by atoms with Crippen molar-refractivity contribution >= 4 is 34.5 Å². The molecule has 2 atom stereocenters. The number of Topliss-reactive ketones (excluding diaryl/α,β-unsaturated/α-hetero) is 1. The number of carbonyl (C=O) groups is 1. The summed E-state index contributed by atoms with van der Waals surface area (Å²) in [5, 5.41) is 11.5. The summed E-state index contributed by atoms with van der Waals surface area (Å²) in [6.45, 7) is 0. The molecular weight excluding hydrogens is 382 g/mol. The van der Waals surface area contributed by atoms with Crippen LogP contribution in [0.5, 0.6) is 0 Å². The second kappa shape index (κ2) is 6.25. The van der Waals surface area contributed by atoms with Crippen LogP contribution in [0.2, 0.25) is 5.02 Å². The fraction of sp³-hybridized carbons (Fsp3) is 0.200. The average Bonchev–Trinajstić information content (AvgIpc) is 3.30. The summed E-state index contributed by atoms with van der Waals surface area (Å²) in [6, 6.07) is 11.5. The van der Waals surface area contributed by atoms with E-state index in [9.17, 15) is 9.59 Å². The van der Waals surface area contributed by atoms with Crippen molar-refractivity contribution in [3.63, 3.8) is 0 Å². The van der Waals surface area contributed by atoms with Crippen molar-refractivity contribution in [2.75, 3.05) is 5.32 Å². The molecule has 2 unspecified atom stereocenters. The SMILES string of the molecule is O=C1CC(c2cccs2)CC2=C1C(c1cccc(Cl)c1)c1c([nH][nH]c1=O)N2. The minimum atomic E-state index is -0.415. The number of aromatic amines is 2. The van der Waals surface area contributed by atoms with Gasteiger partial charge < -0.3 is 5.32 Å². The lowest BCUT2D eigenvalue weighted by atomic mass is 9.74.